The first kappa shape index (κ1) is 15.4. The van der Waals surface area contributed by atoms with Gasteiger partial charge < -0.3 is 10.6 Å². The van der Waals surface area contributed by atoms with Crippen LogP contribution in [0.1, 0.15) is 53.4 Å². The molecule has 0 saturated heterocycles. The van der Waals surface area contributed by atoms with E-state index in [0.29, 0.717) is 18.4 Å². The monoisotopic (exact) mass is 228 g/mol. The van der Waals surface area contributed by atoms with E-state index in [2.05, 4.69) is 27.7 Å². The molecule has 2 unspecified atom stereocenters. The van der Waals surface area contributed by atoms with Gasteiger partial charge in [-0.05, 0) is 25.7 Å². The van der Waals surface area contributed by atoms with Gasteiger partial charge in [-0.1, -0.05) is 27.2 Å². The normalized spacial score (nSPS) is 14.9. The van der Waals surface area contributed by atoms with E-state index >= 15 is 0 Å². The summed E-state index contributed by atoms with van der Waals surface area (Å²) in [7, 11) is 1.88. The first-order valence-electron chi connectivity index (χ1n) is 6.39. The van der Waals surface area contributed by atoms with Crippen molar-refractivity contribution in [1.82, 2.24) is 4.90 Å². The Bertz CT molecular complexity index is 204. The molecule has 0 saturated carbocycles. The molecular formula is C13H28N2O. The molecule has 0 aliphatic rings. The molecule has 2 atom stereocenters. The van der Waals surface area contributed by atoms with Crippen LogP contribution in [0, 0.1) is 5.92 Å². The number of hydrogen-bond acceptors (Lipinski definition) is 2. The van der Waals surface area contributed by atoms with Crippen LogP contribution >= 0.6 is 0 Å². The molecule has 3 nitrogen and oxygen atoms in total. The Kier molecular flexibility index (Phi) is 7.39. The highest BCUT2D eigenvalue weighted by Crippen LogP contribution is 2.11. The van der Waals surface area contributed by atoms with Crippen molar-refractivity contribution in [2.45, 2.75) is 65.5 Å². The molecule has 2 N–H and O–H groups in total. The van der Waals surface area contributed by atoms with Gasteiger partial charge in [0, 0.05) is 25.6 Å². The van der Waals surface area contributed by atoms with Crippen LogP contribution < -0.4 is 5.73 Å². The van der Waals surface area contributed by atoms with Gasteiger partial charge in [-0.2, -0.15) is 0 Å². The van der Waals surface area contributed by atoms with Crippen LogP contribution in [0.2, 0.25) is 0 Å². The van der Waals surface area contributed by atoms with Crippen molar-refractivity contribution in [2.24, 2.45) is 11.7 Å². The highest BCUT2D eigenvalue weighted by Gasteiger charge is 2.18. The minimum atomic E-state index is 0.0196. The number of carbonyl (C=O) groups is 1. The summed E-state index contributed by atoms with van der Waals surface area (Å²) in [6.45, 7) is 8.55. The summed E-state index contributed by atoms with van der Waals surface area (Å²) in [4.78, 5) is 13.7. The Hall–Kier alpha value is -0.570. The van der Waals surface area contributed by atoms with Crippen molar-refractivity contribution in [3.05, 3.63) is 0 Å². The SMILES string of the molecule is CCCC(N)CC(=O)N(C)C(C)CC(C)C. The molecule has 0 bridgehead atoms. The second-order valence-corrected chi connectivity index (χ2v) is 5.24. The molecule has 0 spiro atoms. The Morgan fingerprint density at radius 2 is 1.88 bits per heavy atom. The van der Waals surface area contributed by atoms with Gasteiger partial charge in [-0.3, -0.25) is 4.79 Å². The maximum absolute atomic E-state index is 11.9. The first-order chi connectivity index (χ1) is 7.38. The van der Waals surface area contributed by atoms with Gasteiger partial charge in [0.15, 0.2) is 0 Å². The lowest BCUT2D eigenvalue weighted by molar-refractivity contribution is -0.132. The maximum atomic E-state index is 11.9. The summed E-state index contributed by atoms with van der Waals surface area (Å²) in [6, 6.07) is 0.326. The van der Waals surface area contributed by atoms with Crippen LogP contribution in [0.3, 0.4) is 0 Å². The second kappa shape index (κ2) is 7.66. The second-order valence-electron chi connectivity index (χ2n) is 5.24. The highest BCUT2D eigenvalue weighted by atomic mass is 16.2. The van der Waals surface area contributed by atoms with Crippen LogP contribution in [-0.2, 0) is 4.79 Å². The van der Waals surface area contributed by atoms with Crippen LogP contribution in [0.25, 0.3) is 0 Å². The summed E-state index contributed by atoms with van der Waals surface area (Å²) in [5.74, 6) is 0.795. The molecule has 1 amide bonds. The Labute approximate surface area is 100 Å². The molecule has 0 radical (unpaired) electrons. The van der Waals surface area contributed by atoms with Gasteiger partial charge in [0.25, 0.3) is 0 Å². The van der Waals surface area contributed by atoms with E-state index in [0.717, 1.165) is 19.3 Å². The lowest BCUT2D eigenvalue weighted by Gasteiger charge is -2.27. The number of hydrogen-bond donors (Lipinski definition) is 1. The number of carbonyl (C=O) groups excluding carboxylic acids is 1. The lowest BCUT2D eigenvalue weighted by Crippen LogP contribution is -2.39. The van der Waals surface area contributed by atoms with Crippen molar-refractivity contribution < 1.29 is 4.79 Å². The fourth-order valence-corrected chi connectivity index (χ4v) is 1.93. The summed E-state index contributed by atoms with van der Waals surface area (Å²) >= 11 is 0. The topological polar surface area (TPSA) is 46.3 Å². The van der Waals surface area contributed by atoms with Crippen LogP contribution in [0.15, 0.2) is 0 Å². The fourth-order valence-electron chi connectivity index (χ4n) is 1.93. The molecule has 0 aromatic heterocycles. The molecule has 0 heterocycles. The Balaban J connectivity index is 4.06. The van der Waals surface area contributed by atoms with Crippen LogP contribution in [0.5, 0.6) is 0 Å². The predicted molar refractivity (Wildman–Crippen MR) is 69.2 cm³/mol. The highest BCUT2D eigenvalue weighted by molar-refractivity contribution is 5.76. The molecule has 0 rings (SSSR count). The summed E-state index contributed by atoms with van der Waals surface area (Å²) in [5, 5.41) is 0. The van der Waals surface area contributed by atoms with Crippen molar-refractivity contribution >= 4 is 5.91 Å². The zero-order chi connectivity index (χ0) is 12.7. The third-order valence-corrected chi connectivity index (χ3v) is 2.96. The lowest BCUT2D eigenvalue weighted by atomic mass is 10.0. The minimum Gasteiger partial charge on any atom is -0.343 e. The standard InChI is InChI=1S/C13H28N2O/c1-6-7-12(14)9-13(16)15(5)11(4)8-10(2)3/h10-12H,6-9,14H2,1-5H3. The zero-order valence-electron chi connectivity index (χ0n) is 11.5. The largest absolute Gasteiger partial charge is 0.343 e. The van der Waals surface area contributed by atoms with Crippen molar-refractivity contribution in [3.63, 3.8) is 0 Å². The maximum Gasteiger partial charge on any atom is 0.224 e. The molecule has 16 heavy (non-hydrogen) atoms. The molecule has 3 heteroatoms. The average molecular weight is 228 g/mol. The number of nitrogens with zero attached hydrogens (tertiary/aromatic N) is 1. The summed E-state index contributed by atoms with van der Waals surface area (Å²) < 4.78 is 0. The van der Waals surface area contributed by atoms with Gasteiger partial charge in [0.1, 0.15) is 0 Å². The van der Waals surface area contributed by atoms with E-state index < -0.39 is 0 Å². The molecule has 0 aromatic carbocycles. The van der Waals surface area contributed by atoms with E-state index in [-0.39, 0.29) is 11.9 Å². The third-order valence-electron chi connectivity index (χ3n) is 2.96. The van der Waals surface area contributed by atoms with Crippen LogP contribution in [0.4, 0.5) is 0 Å². The van der Waals surface area contributed by atoms with E-state index in [4.69, 9.17) is 5.73 Å². The van der Waals surface area contributed by atoms with E-state index in [1.165, 1.54) is 0 Å². The van der Waals surface area contributed by atoms with Gasteiger partial charge >= 0.3 is 0 Å². The quantitative estimate of drug-likeness (QED) is 0.727. The smallest absolute Gasteiger partial charge is 0.224 e. The van der Waals surface area contributed by atoms with Crippen molar-refractivity contribution in [1.29, 1.82) is 0 Å². The van der Waals surface area contributed by atoms with Crippen LogP contribution in [-0.4, -0.2) is 29.9 Å². The zero-order valence-corrected chi connectivity index (χ0v) is 11.5. The number of nitrogens with two attached hydrogens (primary N) is 1. The molecule has 0 fully saturated rings. The number of amides is 1. The number of rotatable bonds is 7. The van der Waals surface area contributed by atoms with E-state index in [1.807, 2.05) is 11.9 Å². The molecular weight excluding hydrogens is 200 g/mol. The average Bonchev–Trinajstić information content (AvgIpc) is 2.15. The molecule has 0 aromatic rings. The fraction of sp³-hybridized carbons (Fsp3) is 0.923. The molecule has 0 aliphatic carbocycles. The minimum absolute atomic E-state index is 0.0196. The van der Waals surface area contributed by atoms with Gasteiger partial charge in [-0.25, -0.2) is 0 Å². The van der Waals surface area contributed by atoms with Crippen molar-refractivity contribution in [2.75, 3.05) is 7.05 Å². The summed E-state index contributed by atoms with van der Waals surface area (Å²) in [6.07, 6.45) is 3.50. The third kappa shape index (κ3) is 6.11. The first-order valence-corrected chi connectivity index (χ1v) is 6.39. The van der Waals surface area contributed by atoms with Crippen molar-refractivity contribution in [3.8, 4) is 0 Å². The van der Waals surface area contributed by atoms with E-state index in [1.54, 1.807) is 0 Å². The predicted octanol–water partition coefficient (Wildman–Crippen LogP) is 2.40. The van der Waals surface area contributed by atoms with Gasteiger partial charge in [0.2, 0.25) is 5.91 Å². The Morgan fingerprint density at radius 3 is 2.31 bits per heavy atom. The van der Waals surface area contributed by atoms with E-state index in [9.17, 15) is 4.79 Å². The Morgan fingerprint density at radius 1 is 1.31 bits per heavy atom. The summed E-state index contributed by atoms with van der Waals surface area (Å²) in [5.41, 5.74) is 5.88. The molecule has 96 valence electrons. The van der Waals surface area contributed by atoms with Gasteiger partial charge in [-0.15, -0.1) is 0 Å². The van der Waals surface area contributed by atoms with Gasteiger partial charge in [0.05, 0.1) is 0 Å². The molecule has 0 aliphatic heterocycles.